The average Bonchev–Trinajstić information content (AvgIpc) is 2.68. The van der Waals surface area contributed by atoms with E-state index in [2.05, 4.69) is 34.1 Å². The predicted molar refractivity (Wildman–Crippen MR) is 103 cm³/mol. The summed E-state index contributed by atoms with van der Waals surface area (Å²) in [5.41, 5.74) is 1.24. The van der Waals surface area contributed by atoms with Gasteiger partial charge in [-0.25, -0.2) is 0 Å². The lowest BCUT2D eigenvalue weighted by molar-refractivity contribution is 0.0315. The summed E-state index contributed by atoms with van der Waals surface area (Å²) >= 11 is 0. The van der Waals surface area contributed by atoms with Crippen molar-refractivity contribution in [2.75, 3.05) is 53.0 Å². The molecule has 4 nitrogen and oxygen atoms in total. The monoisotopic (exact) mass is 344 g/mol. The van der Waals surface area contributed by atoms with Crippen LogP contribution in [0, 0.1) is 0 Å². The molecule has 0 aliphatic carbocycles. The standard InChI is InChI=1S/C21H32N2O2/c1-24-21-9-7-19(8-10-21)5-4-13-23-12-3-2-6-20(23)11-14-22-15-17-25-18-16-22/h4-5,7-10,20H,2-3,6,11-18H2,1H3/b5-4+/t20-/m1/s1. The van der Waals surface area contributed by atoms with E-state index in [0.717, 1.165) is 44.6 Å². The fourth-order valence-electron chi connectivity index (χ4n) is 3.82. The molecule has 1 atom stereocenters. The van der Waals surface area contributed by atoms with Gasteiger partial charge in [0.15, 0.2) is 0 Å². The molecule has 138 valence electrons. The molecule has 1 aromatic rings. The molecule has 0 aromatic heterocycles. The molecule has 4 heteroatoms. The quantitative estimate of drug-likeness (QED) is 0.758. The summed E-state index contributed by atoms with van der Waals surface area (Å²) in [7, 11) is 1.71. The van der Waals surface area contributed by atoms with E-state index < -0.39 is 0 Å². The fraction of sp³-hybridized carbons (Fsp3) is 0.619. The molecule has 2 fully saturated rings. The summed E-state index contributed by atoms with van der Waals surface area (Å²) in [4.78, 5) is 5.23. The van der Waals surface area contributed by atoms with E-state index in [1.807, 2.05) is 12.1 Å². The van der Waals surface area contributed by atoms with E-state index in [-0.39, 0.29) is 0 Å². The molecular weight excluding hydrogens is 312 g/mol. The molecule has 3 rings (SSSR count). The minimum atomic E-state index is 0.733. The molecule has 2 aliphatic rings. The maximum Gasteiger partial charge on any atom is 0.118 e. The van der Waals surface area contributed by atoms with Crippen LogP contribution in [0.4, 0.5) is 0 Å². The molecule has 0 amide bonds. The topological polar surface area (TPSA) is 24.9 Å². The molecule has 1 aromatic carbocycles. The molecule has 0 bridgehead atoms. The summed E-state index contributed by atoms with van der Waals surface area (Å²) < 4.78 is 10.7. The molecule has 25 heavy (non-hydrogen) atoms. The van der Waals surface area contributed by atoms with Crippen molar-refractivity contribution in [3.8, 4) is 5.75 Å². The lowest BCUT2D eigenvalue weighted by Crippen LogP contribution is -2.43. The van der Waals surface area contributed by atoms with Gasteiger partial charge in [0.1, 0.15) is 5.75 Å². The number of hydrogen-bond acceptors (Lipinski definition) is 4. The second kappa shape index (κ2) is 9.95. The van der Waals surface area contributed by atoms with E-state index in [1.165, 1.54) is 44.3 Å². The Balaban J connectivity index is 1.47. The van der Waals surface area contributed by atoms with E-state index in [0.29, 0.717) is 0 Å². The number of hydrogen-bond donors (Lipinski definition) is 0. The summed E-state index contributed by atoms with van der Waals surface area (Å²) in [5.74, 6) is 0.913. The van der Waals surface area contributed by atoms with Gasteiger partial charge >= 0.3 is 0 Å². The van der Waals surface area contributed by atoms with E-state index in [4.69, 9.17) is 9.47 Å². The Morgan fingerprint density at radius 1 is 1.12 bits per heavy atom. The summed E-state index contributed by atoms with van der Waals surface area (Å²) in [6, 6.07) is 9.00. The normalized spacial score (nSPS) is 23.2. The van der Waals surface area contributed by atoms with Crippen molar-refractivity contribution < 1.29 is 9.47 Å². The van der Waals surface area contributed by atoms with E-state index in [9.17, 15) is 0 Å². The number of morpholine rings is 1. The lowest BCUT2D eigenvalue weighted by atomic mass is 9.99. The largest absolute Gasteiger partial charge is 0.497 e. The van der Waals surface area contributed by atoms with E-state index >= 15 is 0 Å². The Morgan fingerprint density at radius 3 is 2.68 bits per heavy atom. The van der Waals surface area contributed by atoms with Crippen LogP contribution in [-0.4, -0.2) is 68.9 Å². The van der Waals surface area contributed by atoms with Crippen LogP contribution in [0.2, 0.25) is 0 Å². The van der Waals surface area contributed by atoms with Gasteiger partial charge in [-0.05, 0) is 50.0 Å². The third-order valence-electron chi connectivity index (χ3n) is 5.40. The van der Waals surface area contributed by atoms with Crippen molar-refractivity contribution in [3.05, 3.63) is 35.9 Å². The molecule has 0 unspecified atom stereocenters. The van der Waals surface area contributed by atoms with Crippen LogP contribution in [0.1, 0.15) is 31.2 Å². The average molecular weight is 344 g/mol. The van der Waals surface area contributed by atoms with Crippen molar-refractivity contribution in [3.63, 3.8) is 0 Å². The molecule has 0 radical (unpaired) electrons. The first kappa shape index (κ1) is 18.4. The maximum absolute atomic E-state index is 5.45. The van der Waals surface area contributed by atoms with Crippen molar-refractivity contribution in [1.82, 2.24) is 9.80 Å². The Kier molecular flexibility index (Phi) is 7.34. The summed E-state index contributed by atoms with van der Waals surface area (Å²) in [6.45, 7) is 7.51. The molecule has 2 heterocycles. The van der Waals surface area contributed by atoms with Gasteiger partial charge in [-0.15, -0.1) is 0 Å². The number of likely N-dealkylation sites (tertiary alicyclic amines) is 1. The van der Waals surface area contributed by atoms with Gasteiger partial charge < -0.3 is 9.47 Å². The molecule has 2 saturated heterocycles. The van der Waals surface area contributed by atoms with Crippen LogP contribution >= 0.6 is 0 Å². The molecule has 0 saturated carbocycles. The summed E-state index contributed by atoms with van der Waals surface area (Å²) in [6.07, 6.45) is 9.90. The lowest BCUT2D eigenvalue weighted by Gasteiger charge is -2.37. The summed E-state index contributed by atoms with van der Waals surface area (Å²) in [5, 5.41) is 0. The zero-order valence-corrected chi connectivity index (χ0v) is 15.5. The number of piperidine rings is 1. The zero-order valence-electron chi connectivity index (χ0n) is 15.5. The minimum Gasteiger partial charge on any atom is -0.497 e. The van der Waals surface area contributed by atoms with Gasteiger partial charge in [0.2, 0.25) is 0 Å². The van der Waals surface area contributed by atoms with Crippen molar-refractivity contribution in [2.24, 2.45) is 0 Å². The predicted octanol–water partition coefficient (Wildman–Crippen LogP) is 3.29. The molecule has 0 spiro atoms. The molecule has 2 aliphatic heterocycles. The van der Waals surface area contributed by atoms with Crippen LogP contribution in [0.5, 0.6) is 5.75 Å². The van der Waals surface area contributed by atoms with Crippen molar-refractivity contribution in [1.29, 1.82) is 0 Å². The third-order valence-corrected chi connectivity index (χ3v) is 5.40. The minimum absolute atomic E-state index is 0.733. The Bertz CT molecular complexity index is 523. The van der Waals surface area contributed by atoms with Gasteiger partial charge in [-0.2, -0.15) is 0 Å². The zero-order chi connectivity index (χ0) is 17.3. The van der Waals surface area contributed by atoms with Crippen molar-refractivity contribution >= 4 is 6.08 Å². The number of methoxy groups -OCH3 is 1. The van der Waals surface area contributed by atoms with Gasteiger partial charge in [-0.3, -0.25) is 9.80 Å². The highest BCUT2D eigenvalue weighted by molar-refractivity contribution is 5.50. The van der Waals surface area contributed by atoms with Gasteiger partial charge in [0.05, 0.1) is 20.3 Å². The maximum atomic E-state index is 5.45. The van der Waals surface area contributed by atoms with Gasteiger partial charge in [0.25, 0.3) is 0 Å². The fourth-order valence-corrected chi connectivity index (χ4v) is 3.82. The Hall–Kier alpha value is -1.36. The molecule has 0 N–H and O–H groups in total. The SMILES string of the molecule is COc1ccc(/C=C/CN2CCCC[C@@H]2CCN2CCOCC2)cc1. The number of ether oxygens (including phenoxy) is 2. The Morgan fingerprint density at radius 2 is 1.92 bits per heavy atom. The van der Waals surface area contributed by atoms with Crippen LogP contribution < -0.4 is 4.74 Å². The highest BCUT2D eigenvalue weighted by Gasteiger charge is 2.22. The van der Waals surface area contributed by atoms with Crippen LogP contribution in [0.15, 0.2) is 30.3 Å². The van der Waals surface area contributed by atoms with Crippen LogP contribution in [-0.2, 0) is 4.74 Å². The third kappa shape index (κ3) is 5.84. The first-order valence-corrected chi connectivity index (χ1v) is 9.70. The molecular formula is C21H32N2O2. The van der Waals surface area contributed by atoms with Gasteiger partial charge in [-0.1, -0.05) is 30.7 Å². The number of rotatable bonds is 7. The second-order valence-corrected chi connectivity index (χ2v) is 7.06. The van der Waals surface area contributed by atoms with Crippen molar-refractivity contribution in [2.45, 2.75) is 31.7 Å². The number of benzene rings is 1. The highest BCUT2D eigenvalue weighted by atomic mass is 16.5. The smallest absolute Gasteiger partial charge is 0.118 e. The van der Waals surface area contributed by atoms with E-state index in [1.54, 1.807) is 7.11 Å². The van der Waals surface area contributed by atoms with Crippen LogP contribution in [0.3, 0.4) is 0 Å². The van der Waals surface area contributed by atoms with Crippen LogP contribution in [0.25, 0.3) is 6.08 Å². The highest BCUT2D eigenvalue weighted by Crippen LogP contribution is 2.20. The second-order valence-electron chi connectivity index (χ2n) is 7.06. The van der Waals surface area contributed by atoms with Gasteiger partial charge in [0, 0.05) is 25.7 Å². The Labute approximate surface area is 152 Å². The first-order chi connectivity index (χ1) is 12.3. The number of nitrogens with zero attached hydrogens (tertiary/aromatic N) is 2. The first-order valence-electron chi connectivity index (χ1n) is 9.70.